The lowest BCUT2D eigenvalue weighted by atomic mass is 10.1. The maximum absolute atomic E-state index is 12.8. The van der Waals surface area contributed by atoms with Crippen LogP contribution >= 0.6 is 11.6 Å². The van der Waals surface area contributed by atoms with Crippen molar-refractivity contribution in [3.05, 3.63) is 58.6 Å². The second kappa shape index (κ2) is 10.6. The number of benzene rings is 3. The number of hydrogen-bond donors (Lipinski definition) is 0. The molecule has 0 bridgehead atoms. The Bertz CT molecular complexity index is 1170. The summed E-state index contributed by atoms with van der Waals surface area (Å²) in [5, 5.41) is 1.38. The van der Waals surface area contributed by atoms with Gasteiger partial charge in [0.1, 0.15) is 0 Å². The molecule has 0 amide bonds. The van der Waals surface area contributed by atoms with E-state index in [1.54, 1.807) is 32.0 Å². The van der Waals surface area contributed by atoms with Gasteiger partial charge in [-0.3, -0.25) is 9.59 Å². The molecule has 0 radical (unpaired) electrons. The van der Waals surface area contributed by atoms with Crippen molar-refractivity contribution >= 4 is 34.3 Å². The highest BCUT2D eigenvalue weighted by atomic mass is 35.5. The fraction of sp³-hybridized carbons (Fsp3) is 0.308. The normalized spacial score (nSPS) is 10.9. The van der Waals surface area contributed by atoms with Gasteiger partial charge in [-0.05, 0) is 35.7 Å². The highest BCUT2D eigenvalue weighted by Gasteiger charge is 2.27. The van der Waals surface area contributed by atoms with E-state index in [2.05, 4.69) is 6.92 Å². The van der Waals surface area contributed by atoms with Crippen LogP contribution in [0, 0.1) is 5.92 Å². The average molecular weight is 471 g/mol. The van der Waals surface area contributed by atoms with Crippen molar-refractivity contribution in [2.45, 2.75) is 33.6 Å². The Balaban J connectivity index is 2.08. The van der Waals surface area contributed by atoms with Crippen LogP contribution < -0.4 is 18.9 Å². The third-order valence-corrected chi connectivity index (χ3v) is 5.40. The molecule has 0 unspecified atom stereocenters. The fourth-order valence-electron chi connectivity index (χ4n) is 3.35. The van der Waals surface area contributed by atoms with E-state index in [1.807, 2.05) is 24.3 Å². The van der Waals surface area contributed by atoms with Gasteiger partial charge in [-0.1, -0.05) is 56.6 Å². The van der Waals surface area contributed by atoms with Crippen LogP contribution in [0.3, 0.4) is 0 Å². The predicted molar refractivity (Wildman–Crippen MR) is 128 cm³/mol. The Morgan fingerprint density at radius 2 is 1.39 bits per heavy atom. The quantitative estimate of drug-likeness (QED) is 0.307. The van der Waals surface area contributed by atoms with Crippen LogP contribution in [-0.2, 0) is 22.4 Å². The second-order valence-corrected chi connectivity index (χ2v) is 8.25. The summed E-state index contributed by atoms with van der Waals surface area (Å²) in [5.41, 5.74) is 2.01. The summed E-state index contributed by atoms with van der Waals surface area (Å²) in [6.45, 7) is 5.53. The van der Waals surface area contributed by atoms with Crippen LogP contribution in [0.4, 0.5) is 0 Å². The number of methoxy groups -OCH3 is 2. The molecule has 7 heteroatoms. The largest absolute Gasteiger partial charge is 0.490 e. The third kappa shape index (κ3) is 5.40. The number of carbonyl (C=O) groups excluding carboxylic acids is 2. The Labute approximate surface area is 198 Å². The van der Waals surface area contributed by atoms with Crippen LogP contribution in [0.15, 0.2) is 42.5 Å². The molecule has 3 rings (SSSR count). The lowest BCUT2D eigenvalue weighted by Gasteiger charge is -2.20. The maximum Gasteiger partial charge on any atom is 0.315 e. The van der Waals surface area contributed by atoms with Crippen molar-refractivity contribution in [1.82, 2.24) is 0 Å². The molecule has 0 fully saturated rings. The van der Waals surface area contributed by atoms with Crippen molar-refractivity contribution in [2.24, 2.45) is 5.92 Å². The standard InChI is InChI=1S/C26H27ClO6/c1-6-16-7-9-17(10-8-16)13-21(28)32-23-20-14-18(27)11-12-19(20)22(33-26(29)15(2)3)24(30-4)25(23)31-5/h7-12,14-15H,6,13H2,1-5H3. The van der Waals surface area contributed by atoms with Gasteiger partial charge < -0.3 is 18.9 Å². The maximum atomic E-state index is 12.8. The van der Waals surface area contributed by atoms with E-state index in [0.29, 0.717) is 15.8 Å². The van der Waals surface area contributed by atoms with Crippen LogP contribution in [0.1, 0.15) is 31.9 Å². The minimum Gasteiger partial charge on any atom is -0.490 e. The highest BCUT2D eigenvalue weighted by molar-refractivity contribution is 6.31. The first-order chi connectivity index (χ1) is 15.8. The lowest BCUT2D eigenvalue weighted by molar-refractivity contribution is -0.138. The van der Waals surface area contributed by atoms with Crippen molar-refractivity contribution < 1.29 is 28.5 Å². The molecular weight excluding hydrogens is 444 g/mol. The van der Waals surface area contributed by atoms with Crippen LogP contribution in [0.2, 0.25) is 5.02 Å². The van der Waals surface area contributed by atoms with Gasteiger partial charge in [-0.25, -0.2) is 0 Å². The van der Waals surface area contributed by atoms with Gasteiger partial charge in [0.2, 0.25) is 11.5 Å². The monoisotopic (exact) mass is 470 g/mol. The summed E-state index contributed by atoms with van der Waals surface area (Å²) in [6.07, 6.45) is 0.990. The molecule has 0 saturated carbocycles. The first kappa shape index (κ1) is 24.4. The molecule has 6 nitrogen and oxygen atoms in total. The van der Waals surface area contributed by atoms with Gasteiger partial charge >= 0.3 is 11.9 Å². The molecule has 0 aliphatic heterocycles. The van der Waals surface area contributed by atoms with E-state index >= 15 is 0 Å². The topological polar surface area (TPSA) is 71.1 Å². The zero-order valence-corrected chi connectivity index (χ0v) is 20.1. The summed E-state index contributed by atoms with van der Waals surface area (Å²) in [4.78, 5) is 25.2. The number of carbonyl (C=O) groups is 2. The second-order valence-electron chi connectivity index (χ2n) is 7.81. The number of esters is 2. The zero-order chi connectivity index (χ0) is 24.1. The van der Waals surface area contributed by atoms with Crippen molar-refractivity contribution in [2.75, 3.05) is 14.2 Å². The van der Waals surface area contributed by atoms with Crippen LogP contribution in [0.25, 0.3) is 10.8 Å². The number of rotatable bonds is 8. The first-order valence-corrected chi connectivity index (χ1v) is 11.0. The number of aryl methyl sites for hydroxylation is 1. The molecule has 3 aromatic rings. The number of fused-ring (bicyclic) bond motifs is 1. The minimum atomic E-state index is -0.479. The van der Waals surface area contributed by atoms with Gasteiger partial charge in [-0.15, -0.1) is 0 Å². The highest BCUT2D eigenvalue weighted by Crippen LogP contribution is 2.51. The van der Waals surface area contributed by atoms with E-state index in [0.717, 1.165) is 12.0 Å². The van der Waals surface area contributed by atoms with Crippen LogP contribution in [0.5, 0.6) is 23.0 Å². The Morgan fingerprint density at radius 3 is 1.94 bits per heavy atom. The van der Waals surface area contributed by atoms with Crippen molar-refractivity contribution in [3.63, 3.8) is 0 Å². The summed E-state index contributed by atoms with van der Waals surface area (Å²) in [5.74, 6) is -0.676. The molecule has 0 heterocycles. The minimum absolute atomic E-state index is 0.0710. The number of ether oxygens (including phenoxy) is 4. The van der Waals surface area contributed by atoms with Gasteiger partial charge in [0.15, 0.2) is 11.5 Å². The molecule has 0 atom stereocenters. The van der Waals surface area contributed by atoms with E-state index < -0.39 is 11.9 Å². The SMILES string of the molecule is CCc1ccc(CC(=O)Oc2c(OC)c(OC)c(OC(=O)C(C)C)c3ccc(Cl)cc23)cc1. The molecule has 0 N–H and O–H groups in total. The summed E-state index contributed by atoms with van der Waals surface area (Å²) >= 11 is 6.24. The molecule has 33 heavy (non-hydrogen) atoms. The fourth-order valence-corrected chi connectivity index (χ4v) is 3.53. The van der Waals surface area contributed by atoms with E-state index in [-0.39, 0.29) is 35.3 Å². The molecule has 3 aromatic carbocycles. The predicted octanol–water partition coefficient (Wildman–Crippen LogP) is 5.78. The van der Waals surface area contributed by atoms with Crippen molar-refractivity contribution in [1.29, 1.82) is 0 Å². The van der Waals surface area contributed by atoms with Gasteiger partial charge in [0.25, 0.3) is 0 Å². The van der Waals surface area contributed by atoms with Crippen LogP contribution in [-0.4, -0.2) is 26.2 Å². The molecule has 0 aromatic heterocycles. The van der Waals surface area contributed by atoms with Gasteiger partial charge in [0, 0.05) is 15.8 Å². The molecule has 0 aliphatic rings. The molecular formula is C26H27ClO6. The van der Waals surface area contributed by atoms with E-state index in [9.17, 15) is 9.59 Å². The zero-order valence-electron chi connectivity index (χ0n) is 19.4. The molecule has 0 spiro atoms. The Kier molecular flexibility index (Phi) is 7.82. The average Bonchev–Trinajstić information content (AvgIpc) is 2.80. The van der Waals surface area contributed by atoms with E-state index in [4.69, 9.17) is 30.5 Å². The molecule has 0 saturated heterocycles. The summed E-state index contributed by atoms with van der Waals surface area (Å²) in [7, 11) is 2.84. The van der Waals surface area contributed by atoms with E-state index in [1.165, 1.54) is 19.8 Å². The molecule has 0 aliphatic carbocycles. The summed E-state index contributed by atoms with van der Waals surface area (Å²) < 4.78 is 22.5. The third-order valence-electron chi connectivity index (χ3n) is 5.17. The smallest absolute Gasteiger partial charge is 0.315 e. The Morgan fingerprint density at radius 1 is 0.818 bits per heavy atom. The summed E-state index contributed by atoms with van der Waals surface area (Å²) in [6, 6.07) is 12.7. The van der Waals surface area contributed by atoms with Crippen molar-refractivity contribution in [3.8, 4) is 23.0 Å². The number of hydrogen-bond acceptors (Lipinski definition) is 6. The van der Waals surface area contributed by atoms with Gasteiger partial charge in [-0.2, -0.15) is 0 Å². The first-order valence-electron chi connectivity index (χ1n) is 10.7. The molecule has 174 valence electrons. The van der Waals surface area contributed by atoms with Gasteiger partial charge in [0.05, 0.1) is 26.6 Å². The Hall–Kier alpha value is -3.25. The lowest BCUT2D eigenvalue weighted by Crippen LogP contribution is -2.16. The number of halogens is 1.